The number of fused-ring (bicyclic) bond motifs is 1. The molecular formula is C19H15NO5. The summed E-state index contributed by atoms with van der Waals surface area (Å²) in [7, 11) is 0. The third-order valence-corrected chi connectivity index (χ3v) is 3.68. The van der Waals surface area contributed by atoms with Crippen molar-refractivity contribution in [2.45, 2.75) is 13.3 Å². The first-order valence-corrected chi connectivity index (χ1v) is 7.60. The van der Waals surface area contributed by atoms with Gasteiger partial charge >= 0.3 is 5.97 Å². The van der Waals surface area contributed by atoms with Crippen molar-refractivity contribution in [2.75, 3.05) is 5.32 Å². The van der Waals surface area contributed by atoms with Crippen molar-refractivity contribution in [1.29, 1.82) is 0 Å². The number of anilines is 1. The molecule has 1 aromatic heterocycles. The van der Waals surface area contributed by atoms with Gasteiger partial charge < -0.3 is 14.8 Å². The second kappa shape index (κ2) is 6.60. The molecule has 3 rings (SSSR count). The van der Waals surface area contributed by atoms with Crippen LogP contribution < -0.4 is 10.7 Å². The Morgan fingerprint density at radius 1 is 1.12 bits per heavy atom. The Morgan fingerprint density at radius 2 is 1.88 bits per heavy atom. The summed E-state index contributed by atoms with van der Waals surface area (Å²) in [4.78, 5) is 34.9. The molecule has 0 spiro atoms. The SMILES string of the molecule is CC(=O)Nc1ccccc1-c1cc(=O)c2cccc(CC(=O)O)c2o1. The highest BCUT2D eigenvalue weighted by atomic mass is 16.4. The molecule has 3 aromatic rings. The first kappa shape index (κ1) is 16.4. The van der Waals surface area contributed by atoms with Crippen LogP contribution in [0.25, 0.3) is 22.3 Å². The Kier molecular flexibility index (Phi) is 4.35. The molecule has 0 fully saturated rings. The fourth-order valence-corrected chi connectivity index (χ4v) is 2.67. The number of nitrogens with one attached hydrogen (secondary N) is 1. The molecule has 1 heterocycles. The number of carboxylic acid groups (broad SMARTS) is 1. The van der Waals surface area contributed by atoms with E-state index in [2.05, 4.69) is 5.32 Å². The molecule has 0 aliphatic heterocycles. The summed E-state index contributed by atoms with van der Waals surface area (Å²) in [6.45, 7) is 1.39. The third-order valence-electron chi connectivity index (χ3n) is 3.68. The number of carbonyl (C=O) groups is 2. The van der Waals surface area contributed by atoms with Gasteiger partial charge in [0.15, 0.2) is 5.43 Å². The van der Waals surface area contributed by atoms with E-state index in [-0.39, 0.29) is 29.1 Å². The van der Waals surface area contributed by atoms with Gasteiger partial charge in [0, 0.05) is 24.1 Å². The zero-order valence-electron chi connectivity index (χ0n) is 13.4. The highest BCUT2D eigenvalue weighted by Gasteiger charge is 2.14. The number of hydrogen-bond donors (Lipinski definition) is 2. The van der Waals surface area contributed by atoms with Gasteiger partial charge in [0.25, 0.3) is 0 Å². The number of hydrogen-bond acceptors (Lipinski definition) is 4. The summed E-state index contributed by atoms with van der Waals surface area (Å²) < 4.78 is 5.87. The monoisotopic (exact) mass is 337 g/mol. The molecule has 0 saturated heterocycles. The molecule has 0 atom stereocenters. The zero-order valence-corrected chi connectivity index (χ0v) is 13.4. The van der Waals surface area contributed by atoms with Crippen LogP contribution in [0.5, 0.6) is 0 Å². The van der Waals surface area contributed by atoms with Crippen molar-refractivity contribution >= 4 is 28.5 Å². The maximum Gasteiger partial charge on any atom is 0.307 e. The average Bonchev–Trinajstić information content (AvgIpc) is 2.55. The number of carboxylic acids is 1. The maximum absolute atomic E-state index is 12.4. The Bertz CT molecular complexity index is 1040. The molecule has 25 heavy (non-hydrogen) atoms. The smallest absolute Gasteiger partial charge is 0.307 e. The van der Waals surface area contributed by atoms with Crippen molar-refractivity contribution in [3.63, 3.8) is 0 Å². The summed E-state index contributed by atoms with van der Waals surface area (Å²) in [6.07, 6.45) is -0.253. The van der Waals surface area contributed by atoms with E-state index in [1.54, 1.807) is 42.5 Å². The quantitative estimate of drug-likeness (QED) is 0.763. The van der Waals surface area contributed by atoms with Gasteiger partial charge in [0.05, 0.1) is 17.5 Å². The number of benzene rings is 2. The van der Waals surface area contributed by atoms with Crippen LogP contribution in [0.4, 0.5) is 5.69 Å². The third kappa shape index (κ3) is 3.42. The van der Waals surface area contributed by atoms with E-state index in [1.165, 1.54) is 13.0 Å². The lowest BCUT2D eigenvalue weighted by atomic mass is 10.1. The molecule has 1 amide bonds. The van der Waals surface area contributed by atoms with E-state index < -0.39 is 5.97 Å². The Hall–Kier alpha value is -3.41. The Balaban J connectivity index is 2.24. The van der Waals surface area contributed by atoms with E-state index in [0.717, 1.165) is 0 Å². The molecule has 0 aliphatic rings. The molecule has 0 radical (unpaired) electrons. The molecule has 0 saturated carbocycles. The molecule has 2 N–H and O–H groups in total. The molecule has 0 aliphatic carbocycles. The molecule has 6 heteroatoms. The topological polar surface area (TPSA) is 96.6 Å². The van der Waals surface area contributed by atoms with Crippen LogP contribution in [0.3, 0.4) is 0 Å². The van der Waals surface area contributed by atoms with Crippen LogP contribution in [0.1, 0.15) is 12.5 Å². The minimum atomic E-state index is -1.01. The second-order valence-corrected chi connectivity index (χ2v) is 5.57. The van der Waals surface area contributed by atoms with Crippen LogP contribution in [0.2, 0.25) is 0 Å². The molecule has 126 valence electrons. The van der Waals surface area contributed by atoms with E-state index >= 15 is 0 Å². The standard InChI is InChI=1S/C19H15NO5/c1-11(21)20-15-8-3-2-6-13(15)17-10-16(22)14-7-4-5-12(9-18(23)24)19(14)25-17/h2-8,10H,9H2,1H3,(H,20,21)(H,23,24). The second-order valence-electron chi connectivity index (χ2n) is 5.57. The van der Waals surface area contributed by atoms with Gasteiger partial charge in [-0.05, 0) is 18.2 Å². The summed E-state index contributed by atoms with van der Waals surface area (Å²) in [5.41, 5.74) is 1.43. The number of para-hydroxylation sites is 2. The van der Waals surface area contributed by atoms with E-state index in [4.69, 9.17) is 9.52 Å². The molecule has 0 bridgehead atoms. The van der Waals surface area contributed by atoms with Gasteiger partial charge in [-0.1, -0.05) is 24.3 Å². The number of aliphatic carboxylic acids is 1. The number of rotatable bonds is 4. The Labute approximate surface area is 142 Å². The first-order valence-electron chi connectivity index (χ1n) is 7.60. The summed E-state index contributed by atoms with van der Waals surface area (Å²) in [6, 6.07) is 13.1. The fraction of sp³-hybridized carbons (Fsp3) is 0.105. The van der Waals surface area contributed by atoms with Crippen LogP contribution in [-0.4, -0.2) is 17.0 Å². The van der Waals surface area contributed by atoms with E-state index in [0.29, 0.717) is 22.2 Å². The van der Waals surface area contributed by atoms with Gasteiger partial charge in [-0.2, -0.15) is 0 Å². The average molecular weight is 337 g/mol. The summed E-state index contributed by atoms with van der Waals surface area (Å²) >= 11 is 0. The van der Waals surface area contributed by atoms with Gasteiger partial charge in [-0.25, -0.2) is 0 Å². The molecule has 6 nitrogen and oxygen atoms in total. The van der Waals surface area contributed by atoms with Crippen LogP contribution in [0, 0.1) is 0 Å². The maximum atomic E-state index is 12.4. The van der Waals surface area contributed by atoms with Gasteiger partial charge in [-0.3, -0.25) is 14.4 Å². The zero-order chi connectivity index (χ0) is 18.0. The highest BCUT2D eigenvalue weighted by molar-refractivity contribution is 5.94. The fourth-order valence-electron chi connectivity index (χ4n) is 2.67. The lowest BCUT2D eigenvalue weighted by Gasteiger charge is -2.11. The number of carbonyl (C=O) groups excluding carboxylic acids is 1. The van der Waals surface area contributed by atoms with Crippen LogP contribution >= 0.6 is 0 Å². The molecule has 0 unspecified atom stereocenters. The normalized spacial score (nSPS) is 10.6. The minimum absolute atomic E-state index is 0.241. The predicted molar refractivity (Wildman–Crippen MR) is 93.6 cm³/mol. The molecular weight excluding hydrogens is 322 g/mol. The van der Waals surface area contributed by atoms with Crippen molar-refractivity contribution in [3.8, 4) is 11.3 Å². The van der Waals surface area contributed by atoms with Crippen molar-refractivity contribution < 1.29 is 19.1 Å². The van der Waals surface area contributed by atoms with Gasteiger partial charge in [0.2, 0.25) is 5.91 Å². The lowest BCUT2D eigenvalue weighted by molar-refractivity contribution is -0.136. The summed E-state index contributed by atoms with van der Waals surface area (Å²) in [5.74, 6) is -0.999. The Morgan fingerprint density at radius 3 is 2.60 bits per heavy atom. The van der Waals surface area contributed by atoms with E-state index in [9.17, 15) is 14.4 Å². The largest absolute Gasteiger partial charge is 0.481 e. The predicted octanol–water partition coefficient (Wildman–Crippen LogP) is 3.05. The highest BCUT2D eigenvalue weighted by Crippen LogP contribution is 2.30. The van der Waals surface area contributed by atoms with Crippen molar-refractivity contribution in [1.82, 2.24) is 0 Å². The van der Waals surface area contributed by atoms with Crippen LogP contribution in [-0.2, 0) is 16.0 Å². The van der Waals surface area contributed by atoms with Gasteiger partial charge in [0.1, 0.15) is 11.3 Å². The molecule has 2 aromatic carbocycles. The summed E-state index contributed by atoms with van der Waals surface area (Å²) in [5, 5.41) is 12.1. The number of amides is 1. The van der Waals surface area contributed by atoms with Crippen molar-refractivity contribution in [3.05, 3.63) is 64.3 Å². The van der Waals surface area contributed by atoms with Crippen molar-refractivity contribution in [2.24, 2.45) is 0 Å². The van der Waals surface area contributed by atoms with E-state index in [1.807, 2.05) is 0 Å². The van der Waals surface area contributed by atoms with Crippen LogP contribution in [0.15, 0.2) is 57.7 Å². The van der Waals surface area contributed by atoms with Gasteiger partial charge in [-0.15, -0.1) is 0 Å². The first-order chi connectivity index (χ1) is 12.0. The minimum Gasteiger partial charge on any atom is -0.481 e. The lowest BCUT2D eigenvalue weighted by Crippen LogP contribution is -2.08.